The van der Waals surface area contributed by atoms with Crippen molar-refractivity contribution in [2.24, 2.45) is 0 Å². The highest BCUT2D eigenvalue weighted by molar-refractivity contribution is 5.87. The minimum atomic E-state index is -0.432. The SMILES string of the molecule is Cc1cc2cc3c(nc2cc1C)-c1cc2c(cc1OC3)N(CCCC(=O)OC(C)(C)C)CCC2. The Balaban J connectivity index is 1.41. The topological polar surface area (TPSA) is 51.7 Å². The Kier molecular flexibility index (Phi) is 5.75. The second-order valence-corrected chi connectivity index (χ2v) is 10.7. The van der Waals surface area contributed by atoms with Crippen LogP contribution >= 0.6 is 0 Å². The minimum Gasteiger partial charge on any atom is -0.488 e. The molecule has 0 amide bonds. The molecule has 1 aromatic heterocycles. The number of nitrogens with zero attached hydrogens (tertiary/aromatic N) is 2. The first-order valence-corrected chi connectivity index (χ1v) is 12.4. The first kappa shape index (κ1) is 22.7. The third-order valence-corrected chi connectivity index (χ3v) is 6.77. The summed E-state index contributed by atoms with van der Waals surface area (Å²) in [5.41, 5.74) is 9.00. The van der Waals surface area contributed by atoms with Gasteiger partial charge in [0.2, 0.25) is 0 Å². The molecular weight excluding hydrogens is 424 g/mol. The highest BCUT2D eigenvalue weighted by Gasteiger charge is 2.26. The third-order valence-electron chi connectivity index (χ3n) is 6.77. The quantitative estimate of drug-likeness (QED) is 0.430. The van der Waals surface area contributed by atoms with Gasteiger partial charge in [-0.1, -0.05) is 0 Å². The van der Waals surface area contributed by atoms with Gasteiger partial charge in [-0.15, -0.1) is 0 Å². The molecule has 3 heterocycles. The molecule has 0 bridgehead atoms. The Morgan fingerprint density at radius 1 is 1.09 bits per heavy atom. The molecule has 0 atom stereocenters. The van der Waals surface area contributed by atoms with Crippen LogP contribution in [0.2, 0.25) is 0 Å². The fourth-order valence-corrected chi connectivity index (χ4v) is 5.02. The average molecular weight is 459 g/mol. The van der Waals surface area contributed by atoms with Gasteiger partial charge < -0.3 is 14.4 Å². The smallest absolute Gasteiger partial charge is 0.306 e. The summed E-state index contributed by atoms with van der Waals surface area (Å²) in [4.78, 5) is 19.6. The Morgan fingerprint density at radius 3 is 2.68 bits per heavy atom. The number of carbonyl (C=O) groups excluding carboxylic acids is 1. The van der Waals surface area contributed by atoms with Gasteiger partial charge in [-0.2, -0.15) is 0 Å². The number of esters is 1. The number of fused-ring (bicyclic) bond motifs is 5. The fourth-order valence-electron chi connectivity index (χ4n) is 5.02. The van der Waals surface area contributed by atoms with Crippen molar-refractivity contribution in [3.63, 3.8) is 0 Å². The van der Waals surface area contributed by atoms with E-state index in [1.807, 2.05) is 20.8 Å². The lowest BCUT2D eigenvalue weighted by Gasteiger charge is -2.33. The number of carbonyl (C=O) groups is 1. The minimum absolute atomic E-state index is 0.126. The highest BCUT2D eigenvalue weighted by Crippen LogP contribution is 2.43. The zero-order valence-corrected chi connectivity index (χ0v) is 21.0. The van der Waals surface area contributed by atoms with E-state index >= 15 is 0 Å². The van der Waals surface area contributed by atoms with Crippen molar-refractivity contribution in [2.75, 3.05) is 18.0 Å². The molecule has 5 heteroatoms. The van der Waals surface area contributed by atoms with Crippen LogP contribution in [0.4, 0.5) is 5.69 Å². The Hall–Kier alpha value is -3.08. The number of aromatic nitrogens is 1. The van der Waals surface area contributed by atoms with Gasteiger partial charge in [0.25, 0.3) is 0 Å². The molecule has 0 saturated carbocycles. The molecule has 0 unspecified atom stereocenters. The molecule has 2 aliphatic rings. The Labute approximate surface area is 202 Å². The van der Waals surface area contributed by atoms with Gasteiger partial charge in [0.05, 0.1) is 11.2 Å². The first-order chi connectivity index (χ1) is 16.2. The van der Waals surface area contributed by atoms with Gasteiger partial charge in [-0.05, 0) is 94.8 Å². The fraction of sp³-hybridized carbons (Fsp3) is 0.448. The molecule has 0 fully saturated rings. The maximum absolute atomic E-state index is 12.1. The van der Waals surface area contributed by atoms with Gasteiger partial charge in [0.15, 0.2) is 0 Å². The summed E-state index contributed by atoms with van der Waals surface area (Å²) in [6, 6.07) is 11.1. The molecule has 5 rings (SSSR count). The van der Waals surface area contributed by atoms with Crippen molar-refractivity contribution in [3.8, 4) is 17.0 Å². The maximum atomic E-state index is 12.1. The zero-order chi connectivity index (χ0) is 24.0. The standard InChI is InChI=1S/C29H34N2O3/c1-18-12-21-14-22-17-33-26-16-25-20(15-23(26)28(22)30-24(21)13-19(18)2)8-6-10-31(25)11-7-9-27(32)34-29(3,4)5/h12-16H,6-11,17H2,1-5H3. The molecule has 3 aromatic rings. The molecule has 0 N–H and O–H groups in total. The van der Waals surface area contributed by atoms with Crippen molar-refractivity contribution in [1.29, 1.82) is 0 Å². The summed E-state index contributed by atoms with van der Waals surface area (Å²) in [5.74, 6) is 0.778. The second kappa shape index (κ2) is 8.61. The average Bonchev–Trinajstić information content (AvgIpc) is 2.76. The highest BCUT2D eigenvalue weighted by atomic mass is 16.6. The van der Waals surface area contributed by atoms with E-state index < -0.39 is 5.60 Å². The Morgan fingerprint density at radius 2 is 1.88 bits per heavy atom. The molecule has 5 nitrogen and oxygen atoms in total. The molecule has 0 aliphatic carbocycles. The number of hydrogen-bond donors (Lipinski definition) is 0. The lowest BCUT2D eigenvalue weighted by Crippen LogP contribution is -2.31. The van der Waals surface area contributed by atoms with Gasteiger partial charge in [0.1, 0.15) is 18.0 Å². The van der Waals surface area contributed by atoms with Gasteiger partial charge in [0, 0.05) is 47.8 Å². The number of benzene rings is 2. The summed E-state index contributed by atoms with van der Waals surface area (Å²) < 4.78 is 11.7. The number of aryl methyl sites for hydroxylation is 3. The molecule has 0 spiro atoms. The monoisotopic (exact) mass is 458 g/mol. The van der Waals surface area contributed by atoms with Crippen LogP contribution in [0, 0.1) is 13.8 Å². The van der Waals surface area contributed by atoms with Crippen LogP contribution in [0.1, 0.15) is 62.3 Å². The largest absolute Gasteiger partial charge is 0.488 e. The van der Waals surface area contributed by atoms with Gasteiger partial charge in [-0.25, -0.2) is 4.98 Å². The van der Waals surface area contributed by atoms with Crippen LogP contribution in [-0.2, 0) is 22.6 Å². The number of pyridine rings is 1. The molecule has 2 aromatic carbocycles. The van der Waals surface area contributed by atoms with Crippen LogP contribution in [0.25, 0.3) is 22.2 Å². The zero-order valence-electron chi connectivity index (χ0n) is 21.0. The Bertz CT molecular complexity index is 1270. The van der Waals surface area contributed by atoms with Crippen molar-refractivity contribution in [1.82, 2.24) is 4.98 Å². The van der Waals surface area contributed by atoms with Crippen LogP contribution < -0.4 is 9.64 Å². The van der Waals surface area contributed by atoms with E-state index in [0.717, 1.165) is 60.4 Å². The first-order valence-electron chi connectivity index (χ1n) is 12.4. The van der Waals surface area contributed by atoms with Crippen molar-refractivity contribution in [3.05, 3.63) is 52.6 Å². The molecule has 0 saturated heterocycles. The maximum Gasteiger partial charge on any atom is 0.306 e. The summed E-state index contributed by atoms with van der Waals surface area (Å²) in [6.45, 7) is 12.4. The molecule has 2 aliphatic heterocycles. The van der Waals surface area contributed by atoms with E-state index in [-0.39, 0.29) is 5.97 Å². The van der Waals surface area contributed by atoms with Crippen LogP contribution in [0.5, 0.6) is 5.75 Å². The van der Waals surface area contributed by atoms with E-state index in [0.29, 0.717) is 13.0 Å². The predicted octanol–water partition coefficient (Wildman–Crippen LogP) is 6.29. The van der Waals surface area contributed by atoms with E-state index in [1.54, 1.807) is 0 Å². The van der Waals surface area contributed by atoms with Gasteiger partial charge >= 0.3 is 5.97 Å². The van der Waals surface area contributed by atoms with E-state index in [1.165, 1.54) is 27.8 Å². The van der Waals surface area contributed by atoms with E-state index in [2.05, 4.69) is 49.1 Å². The van der Waals surface area contributed by atoms with Crippen LogP contribution in [0.3, 0.4) is 0 Å². The van der Waals surface area contributed by atoms with E-state index in [9.17, 15) is 4.79 Å². The summed E-state index contributed by atoms with van der Waals surface area (Å²) in [5, 5.41) is 1.17. The molecule has 34 heavy (non-hydrogen) atoms. The molecule has 0 radical (unpaired) electrons. The van der Waals surface area contributed by atoms with E-state index in [4.69, 9.17) is 14.5 Å². The van der Waals surface area contributed by atoms with Crippen LogP contribution in [0.15, 0.2) is 30.3 Å². The second-order valence-electron chi connectivity index (χ2n) is 10.7. The lowest BCUT2D eigenvalue weighted by atomic mass is 9.93. The normalized spacial score (nSPS) is 14.8. The number of anilines is 1. The van der Waals surface area contributed by atoms with Crippen molar-refractivity contribution >= 4 is 22.6 Å². The number of hydrogen-bond acceptors (Lipinski definition) is 5. The lowest BCUT2D eigenvalue weighted by molar-refractivity contribution is -0.154. The van der Waals surface area contributed by atoms with Gasteiger partial charge in [-0.3, -0.25) is 4.79 Å². The number of ether oxygens (including phenoxy) is 2. The third kappa shape index (κ3) is 4.48. The molecular formula is C29H34N2O3. The summed E-state index contributed by atoms with van der Waals surface area (Å²) in [7, 11) is 0. The van der Waals surface area contributed by atoms with Crippen molar-refractivity contribution in [2.45, 2.75) is 72.5 Å². The van der Waals surface area contributed by atoms with Crippen LogP contribution in [-0.4, -0.2) is 29.6 Å². The predicted molar refractivity (Wildman–Crippen MR) is 137 cm³/mol. The summed E-state index contributed by atoms with van der Waals surface area (Å²) in [6.07, 6.45) is 3.37. The number of rotatable bonds is 4. The molecule has 178 valence electrons. The van der Waals surface area contributed by atoms with Crippen molar-refractivity contribution < 1.29 is 14.3 Å². The summed E-state index contributed by atoms with van der Waals surface area (Å²) >= 11 is 0.